The number of anilines is 1. The Morgan fingerprint density at radius 2 is 2.12 bits per heavy atom. The van der Waals surface area contributed by atoms with Crippen LogP contribution >= 0.6 is 0 Å². The first-order valence-corrected chi connectivity index (χ1v) is 8.71. The van der Waals surface area contributed by atoms with Gasteiger partial charge in [0.2, 0.25) is 0 Å². The van der Waals surface area contributed by atoms with Crippen molar-refractivity contribution >= 4 is 22.6 Å². The number of ether oxygens (including phenoxy) is 1. The Labute approximate surface area is 141 Å². The number of hydrogen-bond donors (Lipinski definition) is 2. The number of likely N-dealkylation sites (tertiary alicyclic amines) is 1. The molecular weight excluding hydrogens is 304 g/mol. The third-order valence-corrected chi connectivity index (χ3v) is 5.00. The Balaban J connectivity index is 1.31. The van der Waals surface area contributed by atoms with Crippen molar-refractivity contribution in [3.8, 4) is 0 Å². The highest BCUT2D eigenvalue weighted by Crippen LogP contribution is 2.21. The zero-order valence-corrected chi connectivity index (χ0v) is 13.8. The smallest absolute Gasteiger partial charge is 0.321 e. The van der Waals surface area contributed by atoms with Crippen LogP contribution in [-0.2, 0) is 4.74 Å². The summed E-state index contributed by atoms with van der Waals surface area (Å²) in [6.07, 6.45) is 2.99. The van der Waals surface area contributed by atoms with Crippen molar-refractivity contribution in [1.29, 1.82) is 0 Å². The van der Waals surface area contributed by atoms with Crippen LogP contribution in [0.5, 0.6) is 0 Å². The number of morpholine rings is 1. The largest absolute Gasteiger partial charge is 0.379 e. The highest BCUT2D eigenvalue weighted by molar-refractivity contribution is 5.92. The van der Waals surface area contributed by atoms with Gasteiger partial charge in [-0.05, 0) is 36.6 Å². The molecule has 2 amide bonds. The molecule has 1 aromatic heterocycles. The van der Waals surface area contributed by atoms with Crippen molar-refractivity contribution < 1.29 is 9.53 Å². The minimum absolute atomic E-state index is 0.00867. The highest BCUT2D eigenvalue weighted by Gasteiger charge is 2.28. The normalized spacial score (nSPS) is 22.2. The predicted octanol–water partition coefficient (Wildman–Crippen LogP) is 2.35. The molecule has 0 bridgehead atoms. The minimum atomic E-state index is 0.00867. The number of hydrogen-bond acceptors (Lipinski definition) is 3. The van der Waals surface area contributed by atoms with Gasteiger partial charge < -0.3 is 19.9 Å². The SMILES string of the molecule is O=C(Nc1ccc2[nH]ccc2c1)N1CC[C@@H](CN2CCOCC2)C1. The van der Waals surface area contributed by atoms with Gasteiger partial charge in [-0.3, -0.25) is 4.90 Å². The van der Waals surface area contributed by atoms with Crippen LogP contribution in [-0.4, -0.2) is 66.8 Å². The second-order valence-electron chi connectivity index (χ2n) is 6.72. The fourth-order valence-electron chi connectivity index (χ4n) is 3.65. The molecule has 6 heteroatoms. The summed E-state index contributed by atoms with van der Waals surface area (Å²) in [6, 6.07) is 7.97. The van der Waals surface area contributed by atoms with Crippen molar-refractivity contribution in [1.82, 2.24) is 14.8 Å². The number of aromatic amines is 1. The number of aromatic nitrogens is 1. The summed E-state index contributed by atoms with van der Waals surface area (Å²) in [6.45, 7) is 6.45. The molecule has 2 aromatic rings. The van der Waals surface area contributed by atoms with Crippen molar-refractivity contribution in [2.75, 3.05) is 51.3 Å². The Bertz CT molecular complexity index is 708. The van der Waals surface area contributed by atoms with Crippen LogP contribution in [0.3, 0.4) is 0 Å². The first-order valence-electron chi connectivity index (χ1n) is 8.71. The quantitative estimate of drug-likeness (QED) is 0.909. The molecule has 2 saturated heterocycles. The molecular formula is C18H24N4O2. The second-order valence-corrected chi connectivity index (χ2v) is 6.72. The predicted molar refractivity (Wildman–Crippen MR) is 94.3 cm³/mol. The standard InChI is InChI=1S/C18H24N4O2/c23-18(20-16-1-2-17-15(11-16)3-5-19-17)22-6-4-14(13-22)12-21-7-9-24-10-8-21/h1-3,5,11,14,19H,4,6-10,12-13H2,(H,20,23)/t14-/m0/s1. The second kappa shape index (κ2) is 6.83. The van der Waals surface area contributed by atoms with E-state index in [4.69, 9.17) is 4.74 Å². The summed E-state index contributed by atoms with van der Waals surface area (Å²) in [5, 5.41) is 4.14. The van der Waals surface area contributed by atoms with Gasteiger partial charge in [0.1, 0.15) is 0 Å². The number of urea groups is 1. The first kappa shape index (κ1) is 15.5. The Morgan fingerprint density at radius 3 is 3.00 bits per heavy atom. The van der Waals surface area contributed by atoms with E-state index in [0.717, 1.165) is 68.9 Å². The fourth-order valence-corrected chi connectivity index (χ4v) is 3.65. The van der Waals surface area contributed by atoms with Gasteiger partial charge in [-0.1, -0.05) is 0 Å². The number of rotatable bonds is 3. The number of carbonyl (C=O) groups excluding carboxylic acids is 1. The van der Waals surface area contributed by atoms with Crippen LogP contribution in [0.25, 0.3) is 10.9 Å². The first-order chi connectivity index (χ1) is 11.8. The van der Waals surface area contributed by atoms with Gasteiger partial charge in [0.15, 0.2) is 0 Å². The van der Waals surface area contributed by atoms with E-state index in [1.165, 1.54) is 0 Å². The van der Waals surface area contributed by atoms with Gasteiger partial charge in [0, 0.05) is 55.5 Å². The van der Waals surface area contributed by atoms with Crippen LogP contribution in [0.4, 0.5) is 10.5 Å². The lowest BCUT2D eigenvalue weighted by atomic mass is 10.1. The van der Waals surface area contributed by atoms with Gasteiger partial charge in [-0.25, -0.2) is 4.79 Å². The molecule has 2 aliphatic heterocycles. The number of benzene rings is 1. The molecule has 0 spiro atoms. The van der Waals surface area contributed by atoms with Gasteiger partial charge in [0.05, 0.1) is 13.2 Å². The maximum absolute atomic E-state index is 12.5. The topological polar surface area (TPSA) is 60.6 Å². The molecule has 2 N–H and O–H groups in total. The van der Waals surface area contributed by atoms with Gasteiger partial charge >= 0.3 is 6.03 Å². The lowest BCUT2D eigenvalue weighted by molar-refractivity contribution is 0.0314. The van der Waals surface area contributed by atoms with Gasteiger partial charge in [0.25, 0.3) is 0 Å². The summed E-state index contributed by atoms with van der Waals surface area (Å²) in [4.78, 5) is 20.1. The maximum Gasteiger partial charge on any atom is 0.321 e. The van der Waals surface area contributed by atoms with E-state index in [1.807, 2.05) is 35.4 Å². The Morgan fingerprint density at radius 1 is 1.25 bits per heavy atom. The molecule has 4 rings (SSSR count). The van der Waals surface area contributed by atoms with Crippen LogP contribution in [0.1, 0.15) is 6.42 Å². The van der Waals surface area contributed by atoms with E-state index in [-0.39, 0.29) is 6.03 Å². The van der Waals surface area contributed by atoms with E-state index in [0.29, 0.717) is 5.92 Å². The molecule has 6 nitrogen and oxygen atoms in total. The van der Waals surface area contributed by atoms with Gasteiger partial charge in [-0.2, -0.15) is 0 Å². The average molecular weight is 328 g/mol. The number of nitrogens with one attached hydrogen (secondary N) is 2. The summed E-state index contributed by atoms with van der Waals surface area (Å²) in [5.41, 5.74) is 1.93. The van der Waals surface area contributed by atoms with E-state index < -0.39 is 0 Å². The molecule has 2 aliphatic rings. The summed E-state index contributed by atoms with van der Waals surface area (Å²) in [7, 11) is 0. The van der Waals surface area contributed by atoms with Gasteiger partial charge in [-0.15, -0.1) is 0 Å². The van der Waals surface area contributed by atoms with Crippen LogP contribution in [0.15, 0.2) is 30.5 Å². The Kier molecular flexibility index (Phi) is 4.40. The molecule has 3 heterocycles. The van der Waals surface area contributed by atoms with E-state index in [1.54, 1.807) is 0 Å². The Hall–Kier alpha value is -2.05. The molecule has 128 valence electrons. The van der Waals surface area contributed by atoms with Crippen molar-refractivity contribution in [2.24, 2.45) is 5.92 Å². The lowest BCUT2D eigenvalue weighted by Gasteiger charge is -2.29. The number of amides is 2. The zero-order chi connectivity index (χ0) is 16.4. The molecule has 24 heavy (non-hydrogen) atoms. The molecule has 0 unspecified atom stereocenters. The number of nitrogens with zero attached hydrogens (tertiary/aromatic N) is 2. The van der Waals surface area contributed by atoms with E-state index in [2.05, 4.69) is 15.2 Å². The van der Waals surface area contributed by atoms with Crippen molar-refractivity contribution in [3.63, 3.8) is 0 Å². The minimum Gasteiger partial charge on any atom is -0.379 e. The molecule has 1 aromatic carbocycles. The zero-order valence-electron chi connectivity index (χ0n) is 13.8. The lowest BCUT2D eigenvalue weighted by Crippen LogP contribution is -2.40. The summed E-state index contributed by atoms with van der Waals surface area (Å²) >= 11 is 0. The van der Waals surface area contributed by atoms with E-state index >= 15 is 0 Å². The highest BCUT2D eigenvalue weighted by atomic mass is 16.5. The van der Waals surface area contributed by atoms with Crippen LogP contribution < -0.4 is 5.32 Å². The molecule has 1 atom stereocenters. The summed E-state index contributed by atoms with van der Waals surface area (Å²) < 4.78 is 5.40. The molecule has 0 saturated carbocycles. The van der Waals surface area contributed by atoms with Crippen molar-refractivity contribution in [3.05, 3.63) is 30.5 Å². The number of fused-ring (bicyclic) bond motifs is 1. The number of H-pyrrole nitrogens is 1. The third kappa shape index (κ3) is 3.39. The average Bonchev–Trinajstić information content (AvgIpc) is 3.24. The number of carbonyl (C=O) groups is 1. The molecule has 0 aliphatic carbocycles. The van der Waals surface area contributed by atoms with Crippen LogP contribution in [0, 0.1) is 5.92 Å². The monoisotopic (exact) mass is 328 g/mol. The fraction of sp³-hybridized carbons (Fsp3) is 0.500. The van der Waals surface area contributed by atoms with Crippen molar-refractivity contribution in [2.45, 2.75) is 6.42 Å². The molecule has 0 radical (unpaired) electrons. The third-order valence-electron chi connectivity index (χ3n) is 5.00. The summed E-state index contributed by atoms with van der Waals surface area (Å²) in [5.74, 6) is 0.570. The van der Waals surface area contributed by atoms with E-state index in [9.17, 15) is 4.79 Å². The molecule has 2 fully saturated rings. The van der Waals surface area contributed by atoms with Crippen LogP contribution in [0.2, 0.25) is 0 Å². The maximum atomic E-state index is 12.5.